The minimum absolute atomic E-state index is 0.233. The van der Waals surface area contributed by atoms with Gasteiger partial charge in [0.2, 0.25) is 0 Å². The number of nitrogens with zero attached hydrogens (tertiary/aromatic N) is 1. The molecule has 4 aromatic rings. The summed E-state index contributed by atoms with van der Waals surface area (Å²) in [5, 5.41) is 18.3. The van der Waals surface area contributed by atoms with Gasteiger partial charge in [-0.05, 0) is 60.4 Å². The molecule has 0 amide bonds. The largest absolute Gasteiger partial charge is 0.478 e. The highest BCUT2D eigenvalue weighted by Crippen LogP contribution is 2.40. The zero-order valence-electron chi connectivity index (χ0n) is 15.9. The van der Waals surface area contributed by atoms with E-state index >= 15 is 0 Å². The molecule has 0 aliphatic carbocycles. The minimum atomic E-state index is -0.963. The summed E-state index contributed by atoms with van der Waals surface area (Å²) in [4.78, 5) is 30.0. The third kappa shape index (κ3) is 3.04. The molecule has 0 bridgehead atoms. The van der Waals surface area contributed by atoms with E-state index in [1.165, 1.54) is 0 Å². The van der Waals surface area contributed by atoms with Crippen LogP contribution < -0.4 is 0 Å². The lowest BCUT2D eigenvalue weighted by atomic mass is 9.88. The highest BCUT2D eigenvalue weighted by molar-refractivity contribution is 6.04. The van der Waals surface area contributed by atoms with Gasteiger partial charge in [0.1, 0.15) is 0 Å². The van der Waals surface area contributed by atoms with Crippen molar-refractivity contribution in [3.63, 3.8) is 0 Å². The first-order chi connectivity index (χ1) is 13.9. The van der Waals surface area contributed by atoms with Gasteiger partial charge in [0, 0.05) is 11.1 Å². The molecule has 0 saturated heterocycles. The molecule has 3 aromatic carbocycles. The molecule has 4 rings (SSSR count). The van der Waals surface area contributed by atoms with Crippen molar-refractivity contribution >= 4 is 23.0 Å². The normalized spacial score (nSPS) is 11.0. The molecule has 1 heterocycles. The summed E-state index contributed by atoms with van der Waals surface area (Å²) >= 11 is 0. The van der Waals surface area contributed by atoms with E-state index in [1.807, 2.05) is 13.8 Å². The Morgan fingerprint density at radius 2 is 1.21 bits per heavy atom. The third-order valence-corrected chi connectivity index (χ3v) is 5.28. The number of carbonyl (C=O) groups is 2. The van der Waals surface area contributed by atoms with Gasteiger partial charge in [-0.15, -0.1) is 0 Å². The maximum atomic E-state index is 11.2. The lowest BCUT2D eigenvalue weighted by Gasteiger charge is -2.16. The van der Waals surface area contributed by atoms with E-state index in [0.717, 1.165) is 44.4 Å². The summed E-state index contributed by atoms with van der Waals surface area (Å²) in [7, 11) is 0. The molecule has 144 valence electrons. The van der Waals surface area contributed by atoms with Crippen molar-refractivity contribution in [2.45, 2.75) is 13.8 Å². The Balaban J connectivity index is 1.93. The van der Waals surface area contributed by atoms with Crippen LogP contribution in [-0.4, -0.2) is 32.1 Å². The summed E-state index contributed by atoms with van der Waals surface area (Å²) in [6.07, 6.45) is 1.63. The zero-order chi connectivity index (χ0) is 20.7. The average Bonchev–Trinajstić information content (AvgIpc) is 3.18. The number of carboxylic acids is 2. The number of nitrogens with one attached hydrogen (secondary N) is 1. The van der Waals surface area contributed by atoms with E-state index in [1.54, 1.807) is 54.9 Å². The van der Waals surface area contributed by atoms with Crippen LogP contribution >= 0.6 is 0 Å². The number of carboxylic acid groups (broad SMARTS) is 2. The highest BCUT2D eigenvalue weighted by Gasteiger charge is 2.19. The SMILES string of the molecule is Cc1c(C)c(-c2ccc(C(=O)O)cc2)c2[nH]cnc2c1-c1ccc(C(=O)O)cc1. The van der Waals surface area contributed by atoms with Crippen LogP contribution in [0.4, 0.5) is 0 Å². The Morgan fingerprint density at radius 1 is 0.759 bits per heavy atom. The molecule has 0 aliphatic heterocycles. The second-order valence-electron chi connectivity index (χ2n) is 6.89. The summed E-state index contributed by atoms with van der Waals surface area (Å²) < 4.78 is 0. The molecule has 0 aliphatic rings. The van der Waals surface area contributed by atoms with Crippen molar-refractivity contribution in [3.05, 3.63) is 77.1 Å². The molecule has 0 saturated carbocycles. The highest BCUT2D eigenvalue weighted by atomic mass is 16.4. The smallest absolute Gasteiger partial charge is 0.335 e. The number of benzene rings is 3. The fraction of sp³-hybridized carbons (Fsp3) is 0.0870. The number of fused-ring (bicyclic) bond motifs is 1. The molecule has 0 unspecified atom stereocenters. The number of aromatic carboxylic acids is 2. The van der Waals surface area contributed by atoms with Gasteiger partial charge in [-0.2, -0.15) is 0 Å². The molecule has 0 fully saturated rings. The lowest BCUT2D eigenvalue weighted by Crippen LogP contribution is -1.98. The number of H-pyrrole nitrogens is 1. The quantitative estimate of drug-likeness (QED) is 0.462. The van der Waals surface area contributed by atoms with E-state index in [0.29, 0.717) is 0 Å². The van der Waals surface area contributed by atoms with Gasteiger partial charge in [-0.1, -0.05) is 24.3 Å². The van der Waals surface area contributed by atoms with E-state index < -0.39 is 11.9 Å². The van der Waals surface area contributed by atoms with Crippen molar-refractivity contribution in [1.82, 2.24) is 9.97 Å². The van der Waals surface area contributed by atoms with Gasteiger partial charge in [0.15, 0.2) is 0 Å². The van der Waals surface area contributed by atoms with Crippen molar-refractivity contribution in [2.24, 2.45) is 0 Å². The second kappa shape index (κ2) is 6.91. The summed E-state index contributed by atoms with van der Waals surface area (Å²) in [5.74, 6) is -1.93. The molecule has 0 radical (unpaired) electrons. The molecule has 6 heteroatoms. The number of aromatic amines is 1. The van der Waals surface area contributed by atoms with Crippen LogP contribution in [0.15, 0.2) is 54.9 Å². The topological polar surface area (TPSA) is 103 Å². The van der Waals surface area contributed by atoms with Crippen LogP contribution in [0.2, 0.25) is 0 Å². The molecule has 6 nitrogen and oxygen atoms in total. The Morgan fingerprint density at radius 3 is 1.69 bits per heavy atom. The first-order valence-electron chi connectivity index (χ1n) is 9.02. The van der Waals surface area contributed by atoms with E-state index in [2.05, 4.69) is 9.97 Å². The average molecular weight is 386 g/mol. The summed E-state index contributed by atoms with van der Waals surface area (Å²) in [6, 6.07) is 13.5. The zero-order valence-corrected chi connectivity index (χ0v) is 15.9. The Kier molecular flexibility index (Phi) is 4.39. The monoisotopic (exact) mass is 386 g/mol. The van der Waals surface area contributed by atoms with Crippen molar-refractivity contribution in [2.75, 3.05) is 0 Å². The number of imidazole rings is 1. The van der Waals surface area contributed by atoms with Gasteiger partial charge >= 0.3 is 11.9 Å². The summed E-state index contributed by atoms with van der Waals surface area (Å²) in [6.45, 7) is 4.03. The first-order valence-corrected chi connectivity index (χ1v) is 9.02. The molecule has 1 aromatic heterocycles. The van der Waals surface area contributed by atoms with E-state index in [-0.39, 0.29) is 11.1 Å². The standard InChI is InChI=1S/C23H18N2O4/c1-12-13(2)19(15-5-9-17(10-6-15)23(28)29)21-20(24-11-25-21)18(12)14-3-7-16(8-4-14)22(26)27/h3-11H,1-2H3,(H,24,25)(H,26,27)(H,28,29). The third-order valence-electron chi connectivity index (χ3n) is 5.28. The van der Waals surface area contributed by atoms with Crippen LogP contribution in [-0.2, 0) is 0 Å². The maximum Gasteiger partial charge on any atom is 0.335 e. The number of rotatable bonds is 4. The van der Waals surface area contributed by atoms with Gasteiger partial charge < -0.3 is 15.2 Å². The number of hydrogen-bond acceptors (Lipinski definition) is 3. The van der Waals surface area contributed by atoms with Crippen molar-refractivity contribution in [3.8, 4) is 22.3 Å². The van der Waals surface area contributed by atoms with Crippen molar-refractivity contribution in [1.29, 1.82) is 0 Å². The maximum absolute atomic E-state index is 11.2. The Bertz CT molecular complexity index is 1160. The predicted molar refractivity (Wildman–Crippen MR) is 110 cm³/mol. The van der Waals surface area contributed by atoms with E-state index in [4.69, 9.17) is 10.2 Å². The summed E-state index contributed by atoms with van der Waals surface area (Å²) in [5.41, 5.74) is 7.89. The lowest BCUT2D eigenvalue weighted by molar-refractivity contribution is 0.0686. The molecule has 29 heavy (non-hydrogen) atoms. The molecular formula is C23H18N2O4. The van der Waals surface area contributed by atoms with Gasteiger partial charge in [0.05, 0.1) is 28.5 Å². The van der Waals surface area contributed by atoms with Gasteiger partial charge in [-0.25, -0.2) is 14.6 Å². The fourth-order valence-corrected chi connectivity index (χ4v) is 3.69. The van der Waals surface area contributed by atoms with Gasteiger partial charge in [-0.3, -0.25) is 0 Å². The van der Waals surface area contributed by atoms with Crippen molar-refractivity contribution < 1.29 is 19.8 Å². The van der Waals surface area contributed by atoms with Crippen LogP contribution in [0.1, 0.15) is 31.8 Å². The van der Waals surface area contributed by atoms with E-state index in [9.17, 15) is 9.59 Å². The first kappa shape index (κ1) is 18.4. The molecule has 0 spiro atoms. The molecular weight excluding hydrogens is 368 g/mol. The molecule has 0 atom stereocenters. The van der Waals surface area contributed by atoms with Crippen LogP contribution in [0.3, 0.4) is 0 Å². The number of hydrogen-bond donors (Lipinski definition) is 3. The molecule has 3 N–H and O–H groups in total. The predicted octanol–water partition coefficient (Wildman–Crippen LogP) is 4.91. The fourth-order valence-electron chi connectivity index (χ4n) is 3.69. The van der Waals surface area contributed by atoms with Crippen LogP contribution in [0.5, 0.6) is 0 Å². The van der Waals surface area contributed by atoms with Crippen LogP contribution in [0.25, 0.3) is 33.3 Å². The Labute approximate surface area is 166 Å². The Hall–Kier alpha value is -3.93. The van der Waals surface area contributed by atoms with Gasteiger partial charge in [0.25, 0.3) is 0 Å². The van der Waals surface area contributed by atoms with Crippen LogP contribution in [0, 0.1) is 13.8 Å². The minimum Gasteiger partial charge on any atom is -0.478 e. The second-order valence-corrected chi connectivity index (χ2v) is 6.89. The number of aromatic nitrogens is 2.